The summed E-state index contributed by atoms with van der Waals surface area (Å²) in [6.07, 6.45) is 0. The second-order valence-electron chi connectivity index (χ2n) is 3.88. The Morgan fingerprint density at radius 1 is 1.20 bits per heavy atom. The maximum Gasteiger partial charge on any atom is 0.269 e. The molecule has 0 saturated carbocycles. The maximum absolute atomic E-state index is 13.5. The van der Waals surface area contributed by atoms with Crippen LogP contribution in [0, 0.1) is 15.9 Å². The minimum Gasteiger partial charge on any atom is -0.322 e. The van der Waals surface area contributed by atoms with E-state index in [1.165, 1.54) is 36.4 Å². The van der Waals surface area contributed by atoms with Crippen LogP contribution in [0.25, 0.3) is 0 Å². The molecule has 0 fully saturated rings. The number of carbonyl (C=O) groups is 1. The molecule has 0 bridgehead atoms. The third kappa shape index (κ3) is 3.10. The van der Waals surface area contributed by atoms with Crippen molar-refractivity contribution in [3.8, 4) is 0 Å². The lowest BCUT2D eigenvalue weighted by Gasteiger charge is -2.06. The first-order chi connectivity index (χ1) is 9.47. The molecule has 0 spiro atoms. The van der Waals surface area contributed by atoms with Gasteiger partial charge in [-0.2, -0.15) is 0 Å². The van der Waals surface area contributed by atoms with Crippen molar-refractivity contribution < 1.29 is 14.1 Å². The molecule has 0 atom stereocenters. The van der Waals surface area contributed by atoms with Gasteiger partial charge < -0.3 is 5.32 Å². The van der Waals surface area contributed by atoms with E-state index in [4.69, 9.17) is 11.6 Å². The van der Waals surface area contributed by atoms with Crippen LogP contribution in [0.3, 0.4) is 0 Å². The van der Waals surface area contributed by atoms with Gasteiger partial charge in [0.1, 0.15) is 5.82 Å². The molecule has 0 aliphatic carbocycles. The summed E-state index contributed by atoms with van der Waals surface area (Å²) in [6, 6.07) is 8.83. The molecule has 0 aromatic heterocycles. The van der Waals surface area contributed by atoms with E-state index in [2.05, 4.69) is 5.32 Å². The quantitative estimate of drug-likeness (QED) is 0.694. The van der Waals surface area contributed by atoms with Gasteiger partial charge in [0.05, 0.1) is 10.5 Å². The van der Waals surface area contributed by atoms with Gasteiger partial charge >= 0.3 is 0 Å². The van der Waals surface area contributed by atoms with Crippen molar-refractivity contribution in [3.05, 3.63) is 69.0 Å². The van der Waals surface area contributed by atoms with Crippen LogP contribution in [0.1, 0.15) is 10.4 Å². The van der Waals surface area contributed by atoms with E-state index in [-0.39, 0.29) is 16.3 Å². The Labute approximate surface area is 118 Å². The second-order valence-corrected chi connectivity index (χ2v) is 4.32. The van der Waals surface area contributed by atoms with Crippen LogP contribution in [-0.2, 0) is 0 Å². The smallest absolute Gasteiger partial charge is 0.269 e. The fourth-order valence-corrected chi connectivity index (χ4v) is 1.71. The fourth-order valence-electron chi connectivity index (χ4n) is 1.54. The van der Waals surface area contributed by atoms with Gasteiger partial charge in [-0.05, 0) is 30.3 Å². The van der Waals surface area contributed by atoms with Crippen LogP contribution in [0.4, 0.5) is 15.8 Å². The van der Waals surface area contributed by atoms with Crippen LogP contribution >= 0.6 is 11.6 Å². The molecule has 0 aliphatic rings. The molecule has 1 N–H and O–H groups in total. The Hall–Kier alpha value is -2.47. The van der Waals surface area contributed by atoms with Crippen LogP contribution in [0.15, 0.2) is 42.5 Å². The highest BCUT2D eigenvalue weighted by atomic mass is 35.5. The zero-order valence-corrected chi connectivity index (χ0v) is 10.7. The minimum absolute atomic E-state index is 0.100. The molecule has 0 aliphatic heterocycles. The number of hydrogen-bond donors (Lipinski definition) is 1. The van der Waals surface area contributed by atoms with Gasteiger partial charge in [0.2, 0.25) is 0 Å². The average molecular weight is 295 g/mol. The molecule has 1 amide bonds. The van der Waals surface area contributed by atoms with E-state index < -0.39 is 16.6 Å². The van der Waals surface area contributed by atoms with E-state index in [0.717, 1.165) is 6.07 Å². The third-order valence-electron chi connectivity index (χ3n) is 2.51. The number of non-ortho nitro benzene ring substituents is 1. The largest absolute Gasteiger partial charge is 0.322 e. The molecule has 5 nitrogen and oxygen atoms in total. The Balaban J connectivity index is 2.19. The first-order valence-electron chi connectivity index (χ1n) is 5.48. The normalized spacial score (nSPS) is 10.1. The van der Waals surface area contributed by atoms with Crippen molar-refractivity contribution in [2.24, 2.45) is 0 Å². The molecule has 7 heteroatoms. The van der Waals surface area contributed by atoms with Gasteiger partial charge in [-0.1, -0.05) is 11.6 Å². The van der Waals surface area contributed by atoms with Crippen molar-refractivity contribution in [1.29, 1.82) is 0 Å². The number of nitro groups is 1. The molecular formula is C13H8ClFN2O3. The highest BCUT2D eigenvalue weighted by molar-refractivity contribution is 6.31. The number of benzene rings is 2. The minimum atomic E-state index is -0.700. The Kier molecular flexibility index (Phi) is 3.95. The zero-order valence-electron chi connectivity index (χ0n) is 9.97. The van der Waals surface area contributed by atoms with Crippen molar-refractivity contribution in [1.82, 2.24) is 0 Å². The average Bonchev–Trinajstić information content (AvgIpc) is 2.42. The molecule has 0 radical (unpaired) electrons. The number of hydrogen-bond acceptors (Lipinski definition) is 3. The maximum atomic E-state index is 13.5. The van der Waals surface area contributed by atoms with Crippen molar-refractivity contribution >= 4 is 28.9 Å². The molecule has 20 heavy (non-hydrogen) atoms. The van der Waals surface area contributed by atoms with E-state index in [0.29, 0.717) is 5.69 Å². The number of nitrogens with one attached hydrogen (secondary N) is 1. The van der Waals surface area contributed by atoms with Gasteiger partial charge in [-0.3, -0.25) is 14.9 Å². The summed E-state index contributed by atoms with van der Waals surface area (Å²) >= 11 is 5.70. The van der Waals surface area contributed by atoms with Crippen LogP contribution < -0.4 is 5.32 Å². The Morgan fingerprint density at radius 3 is 2.45 bits per heavy atom. The van der Waals surface area contributed by atoms with Gasteiger partial charge in [0.25, 0.3) is 11.6 Å². The van der Waals surface area contributed by atoms with E-state index in [1.807, 2.05) is 0 Å². The first-order valence-corrected chi connectivity index (χ1v) is 5.86. The second kappa shape index (κ2) is 5.66. The van der Waals surface area contributed by atoms with E-state index in [1.54, 1.807) is 0 Å². The third-order valence-corrected chi connectivity index (χ3v) is 2.74. The van der Waals surface area contributed by atoms with Crippen LogP contribution in [0.5, 0.6) is 0 Å². The van der Waals surface area contributed by atoms with E-state index >= 15 is 0 Å². The van der Waals surface area contributed by atoms with Crippen LogP contribution in [0.2, 0.25) is 5.02 Å². The lowest BCUT2D eigenvalue weighted by atomic mass is 10.2. The van der Waals surface area contributed by atoms with Crippen molar-refractivity contribution in [2.75, 3.05) is 5.32 Å². The van der Waals surface area contributed by atoms with Crippen LogP contribution in [-0.4, -0.2) is 10.8 Å². The number of anilines is 1. The Morgan fingerprint density at radius 2 is 1.85 bits per heavy atom. The molecular weight excluding hydrogens is 287 g/mol. The molecule has 0 unspecified atom stereocenters. The number of amides is 1. The molecule has 2 aromatic rings. The van der Waals surface area contributed by atoms with Crippen molar-refractivity contribution in [2.45, 2.75) is 0 Å². The van der Waals surface area contributed by atoms with Gasteiger partial charge in [0.15, 0.2) is 0 Å². The number of nitro benzene ring substituents is 1. The first kappa shape index (κ1) is 14.0. The molecule has 0 heterocycles. The van der Waals surface area contributed by atoms with Gasteiger partial charge in [-0.25, -0.2) is 4.39 Å². The predicted octanol–water partition coefficient (Wildman–Crippen LogP) is 3.64. The summed E-state index contributed by atoms with van der Waals surface area (Å²) in [5.74, 6) is -1.38. The van der Waals surface area contributed by atoms with Crippen molar-refractivity contribution in [3.63, 3.8) is 0 Å². The van der Waals surface area contributed by atoms with Gasteiger partial charge in [-0.15, -0.1) is 0 Å². The molecule has 0 saturated heterocycles. The molecule has 2 rings (SSSR count). The number of nitrogens with zero attached hydrogens (tertiary/aromatic N) is 1. The lowest BCUT2D eigenvalue weighted by Crippen LogP contribution is -2.13. The summed E-state index contributed by atoms with van der Waals surface area (Å²) in [6.45, 7) is 0. The summed E-state index contributed by atoms with van der Waals surface area (Å²) in [7, 11) is 0. The highest BCUT2D eigenvalue weighted by Gasteiger charge is 2.13. The molecule has 2 aromatic carbocycles. The lowest BCUT2D eigenvalue weighted by molar-refractivity contribution is -0.384. The fraction of sp³-hybridized carbons (Fsp3) is 0. The zero-order chi connectivity index (χ0) is 14.7. The standard InChI is InChI=1S/C13H8ClFN2O3/c14-8-1-6-12(15)11(7-8)13(18)16-9-2-4-10(5-3-9)17(19)20/h1-7H,(H,16,18). The highest BCUT2D eigenvalue weighted by Crippen LogP contribution is 2.19. The number of carbonyl (C=O) groups excluding carboxylic acids is 1. The summed E-state index contributed by atoms with van der Waals surface area (Å²) in [5, 5.41) is 13.2. The summed E-state index contributed by atoms with van der Waals surface area (Å²) in [4.78, 5) is 21.8. The molecule has 102 valence electrons. The van der Waals surface area contributed by atoms with Gasteiger partial charge in [0, 0.05) is 22.8 Å². The predicted molar refractivity (Wildman–Crippen MR) is 72.5 cm³/mol. The summed E-state index contributed by atoms with van der Waals surface area (Å²) < 4.78 is 13.5. The number of rotatable bonds is 3. The Bertz CT molecular complexity index is 674. The SMILES string of the molecule is O=C(Nc1ccc([N+](=O)[O-])cc1)c1cc(Cl)ccc1F. The monoisotopic (exact) mass is 294 g/mol. The van der Waals surface area contributed by atoms with E-state index in [9.17, 15) is 19.3 Å². The topological polar surface area (TPSA) is 72.2 Å². The summed E-state index contributed by atoms with van der Waals surface area (Å²) in [5.41, 5.74) is 0.0211. The number of halogens is 2.